The molecular weight excluding hydrogens is 1010 g/mol. The lowest BCUT2D eigenvalue weighted by Gasteiger charge is -2.32. The van der Waals surface area contributed by atoms with E-state index in [1.165, 1.54) is 79.2 Å². The van der Waals surface area contributed by atoms with Gasteiger partial charge in [-0.25, -0.2) is 8.42 Å². The Balaban J connectivity index is 2.27. The Morgan fingerprint density at radius 3 is 1.00 bits per heavy atom. The number of hydrogen-bond acceptors (Lipinski definition) is 16. The van der Waals surface area contributed by atoms with E-state index in [0.717, 1.165) is 0 Å². The summed E-state index contributed by atoms with van der Waals surface area (Å²) in [5, 5.41) is 7.86. The minimum absolute atomic E-state index is 0.195. The van der Waals surface area contributed by atoms with Crippen molar-refractivity contribution in [2.45, 2.75) is 116 Å². The predicted molar refractivity (Wildman–Crippen MR) is 302 cm³/mol. The maximum absolute atomic E-state index is 16.6. The minimum atomic E-state index is -4.67. The van der Waals surface area contributed by atoms with E-state index in [2.05, 4.69) is 10.3 Å². The topological polar surface area (TPSA) is 228 Å². The van der Waals surface area contributed by atoms with Crippen LogP contribution < -0.4 is 59.5 Å². The van der Waals surface area contributed by atoms with Crippen molar-refractivity contribution >= 4 is 45.3 Å². The van der Waals surface area contributed by atoms with Crippen molar-refractivity contribution in [3.63, 3.8) is 0 Å². The molecule has 0 aromatic heterocycles. The first-order valence-electron chi connectivity index (χ1n) is 24.4. The number of ether oxygens (including phenoxy) is 8. The van der Waals surface area contributed by atoms with Crippen molar-refractivity contribution in [3.8, 4) is 46.0 Å². The van der Waals surface area contributed by atoms with Gasteiger partial charge in [-0.2, -0.15) is 10.1 Å². The lowest BCUT2D eigenvalue weighted by atomic mass is 10.1. The summed E-state index contributed by atoms with van der Waals surface area (Å²) in [4.78, 5) is 24.4. The molecule has 2 unspecified atom stereocenters. The zero-order chi connectivity index (χ0) is 57.8. The average molecular weight is 1090 g/mol. The first-order chi connectivity index (χ1) is 35.9. The third-order valence-electron chi connectivity index (χ3n) is 10.6. The monoisotopic (exact) mass is 1090 g/mol. The quantitative estimate of drug-likeness (QED) is 0.0423. The summed E-state index contributed by atoms with van der Waals surface area (Å²) in [6.07, 6.45) is 6.29. The largest absolute Gasteiger partial charge is 0.496 e. The first kappa shape index (κ1) is 62.3. The molecule has 0 saturated carbocycles. The van der Waals surface area contributed by atoms with Crippen LogP contribution in [0.25, 0.3) is 12.2 Å². The zero-order valence-corrected chi connectivity index (χ0v) is 49.1. The molecule has 20 nitrogen and oxygen atoms in total. The summed E-state index contributed by atoms with van der Waals surface area (Å²) < 4.78 is 79.3. The molecule has 0 heterocycles. The number of sulfone groups is 1. The van der Waals surface area contributed by atoms with E-state index in [4.69, 9.17) is 68.7 Å². The van der Waals surface area contributed by atoms with Crippen molar-refractivity contribution in [2.24, 2.45) is 21.8 Å². The van der Waals surface area contributed by atoms with Gasteiger partial charge in [-0.05, 0) is 141 Å². The normalized spacial score (nSPS) is 13.7. The number of nitrogens with zero attached hydrogens (tertiary/aromatic N) is 4. The molecule has 0 aliphatic rings. The van der Waals surface area contributed by atoms with Crippen LogP contribution in [-0.4, -0.2) is 99.6 Å². The van der Waals surface area contributed by atoms with Crippen LogP contribution in [0.4, 0.5) is 11.4 Å². The fraction of sp³-hybridized carbons (Fsp3) is 0.464. The standard InChI is InChI=1S/C56H80N6O14S/c1-53(2,3)73-59-51(57)61(75-55(7,8)9)41-29-35(21-25-43(41)67-15)49(27-23-39-45(69-17)31-37(65-13)32-46(39)70-18)77(63,64)50(28-24-40-47(71-19)33-38(66-14)34-48(40)72-20)36-22-26-44(68-16)42(30-36)62(76-56(10,11)12)52(58)60-74-54(4,5)6/h21-34,49-50H,1-20H3,(H2,57,59)(H2,58,60). The molecule has 0 saturated heterocycles. The van der Waals surface area contributed by atoms with Gasteiger partial charge in [-0.15, -0.1) is 0 Å². The fourth-order valence-electron chi connectivity index (χ4n) is 7.25. The van der Waals surface area contributed by atoms with E-state index in [9.17, 15) is 0 Å². The van der Waals surface area contributed by atoms with Crippen molar-refractivity contribution in [3.05, 3.63) is 95.1 Å². The van der Waals surface area contributed by atoms with Crippen molar-refractivity contribution < 1.29 is 65.7 Å². The van der Waals surface area contributed by atoms with Gasteiger partial charge in [0.05, 0.1) is 79.2 Å². The molecule has 4 rings (SSSR count). The van der Waals surface area contributed by atoms with Gasteiger partial charge < -0.3 is 59.0 Å². The number of oxime groups is 2. The van der Waals surface area contributed by atoms with Crippen LogP contribution in [0.1, 0.15) is 116 Å². The molecule has 4 aromatic carbocycles. The Morgan fingerprint density at radius 2 is 0.753 bits per heavy atom. The highest BCUT2D eigenvalue weighted by molar-refractivity contribution is 7.92. The number of nitrogens with two attached hydrogens (primary N) is 2. The van der Waals surface area contributed by atoms with E-state index in [-0.39, 0.29) is 45.9 Å². The summed E-state index contributed by atoms with van der Waals surface area (Å²) in [6, 6.07) is 16.3. The highest BCUT2D eigenvalue weighted by Crippen LogP contribution is 2.45. The van der Waals surface area contributed by atoms with Crippen LogP contribution >= 0.6 is 0 Å². The number of hydroxylamine groups is 2. The van der Waals surface area contributed by atoms with Crippen molar-refractivity contribution in [1.29, 1.82) is 0 Å². The second kappa shape index (κ2) is 25.7. The maximum Gasteiger partial charge on any atom is 0.262 e. The van der Waals surface area contributed by atoms with Gasteiger partial charge in [-0.1, -0.05) is 24.3 Å². The Morgan fingerprint density at radius 1 is 0.455 bits per heavy atom. The molecule has 0 aliphatic heterocycles. The molecule has 21 heteroatoms. The Kier molecular flexibility index (Phi) is 20.8. The van der Waals surface area contributed by atoms with Gasteiger partial charge in [0.1, 0.15) is 79.1 Å². The molecule has 4 aromatic rings. The molecule has 2 atom stereocenters. The first-order valence-corrected chi connectivity index (χ1v) is 26.1. The predicted octanol–water partition coefficient (Wildman–Crippen LogP) is 10.5. The Hall–Kier alpha value is -7.23. The molecule has 77 heavy (non-hydrogen) atoms. The van der Waals surface area contributed by atoms with E-state index in [0.29, 0.717) is 45.6 Å². The maximum atomic E-state index is 16.6. The van der Waals surface area contributed by atoms with E-state index in [1.54, 1.807) is 72.8 Å². The van der Waals surface area contributed by atoms with Crippen LogP contribution in [0.3, 0.4) is 0 Å². The van der Waals surface area contributed by atoms with Crippen LogP contribution in [0.5, 0.6) is 46.0 Å². The molecule has 0 fully saturated rings. The number of rotatable bonds is 22. The summed E-state index contributed by atoms with van der Waals surface area (Å²) in [6.45, 7) is 21.8. The lowest BCUT2D eigenvalue weighted by molar-refractivity contribution is -0.0150. The second-order valence-electron chi connectivity index (χ2n) is 21.2. The van der Waals surface area contributed by atoms with E-state index >= 15 is 8.42 Å². The Labute approximate surface area is 455 Å². The molecule has 0 radical (unpaired) electrons. The number of guanidine groups is 2. The minimum Gasteiger partial charge on any atom is -0.496 e. The van der Waals surface area contributed by atoms with E-state index < -0.39 is 42.7 Å². The number of hydrogen-bond donors (Lipinski definition) is 2. The molecule has 4 N–H and O–H groups in total. The summed E-state index contributed by atoms with van der Waals surface area (Å²) >= 11 is 0. The lowest BCUT2D eigenvalue weighted by Crippen LogP contribution is -2.43. The molecule has 424 valence electrons. The highest BCUT2D eigenvalue weighted by atomic mass is 32.2. The van der Waals surface area contributed by atoms with Gasteiger partial charge in [0, 0.05) is 24.3 Å². The molecule has 0 aliphatic carbocycles. The van der Waals surface area contributed by atoms with Gasteiger partial charge >= 0.3 is 0 Å². The number of methoxy groups -OCH3 is 8. The van der Waals surface area contributed by atoms with Crippen molar-refractivity contribution in [1.82, 2.24) is 0 Å². The summed E-state index contributed by atoms with van der Waals surface area (Å²) in [5.74, 6) is 2.32. The summed E-state index contributed by atoms with van der Waals surface area (Å²) in [7, 11) is 7.22. The zero-order valence-electron chi connectivity index (χ0n) is 48.3. The van der Waals surface area contributed by atoms with Crippen molar-refractivity contribution in [2.75, 3.05) is 67.0 Å². The molecule has 0 amide bonds. The molecule has 0 bridgehead atoms. The fourth-order valence-corrected chi connectivity index (χ4v) is 9.22. The van der Waals surface area contributed by atoms with Gasteiger partial charge in [-0.3, -0.25) is 9.68 Å². The third-order valence-corrected chi connectivity index (χ3v) is 12.8. The summed E-state index contributed by atoms with van der Waals surface area (Å²) in [5.41, 5.74) is 11.8. The van der Waals surface area contributed by atoms with Crippen LogP contribution in [0.15, 0.2) is 83.1 Å². The molecular formula is C56H80N6O14S. The van der Waals surface area contributed by atoms with Gasteiger partial charge in [0.2, 0.25) is 0 Å². The second-order valence-corrected chi connectivity index (χ2v) is 23.4. The highest BCUT2D eigenvalue weighted by Gasteiger charge is 2.37. The van der Waals surface area contributed by atoms with Crippen LogP contribution in [0, 0.1) is 0 Å². The third kappa shape index (κ3) is 16.9. The van der Waals surface area contributed by atoms with E-state index in [1.807, 2.05) is 83.1 Å². The van der Waals surface area contributed by atoms with Crippen LogP contribution in [-0.2, 0) is 29.2 Å². The molecule has 0 spiro atoms. The SMILES string of the molecule is COc1cc(OC)c(C=CC(c2ccc(OC)c(N(OC(C)(C)C)C(N)=NOC(C)(C)C)c2)S(=O)(=O)C(C=Cc2c(OC)cc(OC)cc2OC)c2ccc(OC)c(N(OC(C)(C)C)C(N)=NOC(C)(C)C)c2)c(OC)c1. The van der Waals surface area contributed by atoms with Gasteiger partial charge in [0.15, 0.2) is 9.84 Å². The van der Waals surface area contributed by atoms with Crippen LogP contribution in [0.2, 0.25) is 0 Å². The average Bonchev–Trinajstić information content (AvgIpc) is 3.36. The smallest absolute Gasteiger partial charge is 0.262 e. The number of benzene rings is 4. The number of anilines is 2. The Bertz CT molecular complexity index is 2640. The van der Waals surface area contributed by atoms with Gasteiger partial charge in [0.25, 0.3) is 11.9 Å².